The average Bonchev–Trinajstić information content (AvgIpc) is 2.92. The second-order valence-corrected chi connectivity index (χ2v) is 12.8. The van der Waals surface area contributed by atoms with Crippen molar-refractivity contribution < 1.29 is 25.5 Å². The third-order valence-corrected chi connectivity index (χ3v) is 10.5. The second-order valence-electron chi connectivity index (χ2n) is 7.72. The fourth-order valence-electron chi connectivity index (χ4n) is 3.73. The summed E-state index contributed by atoms with van der Waals surface area (Å²) in [5, 5.41) is 20.7. The van der Waals surface area contributed by atoms with Gasteiger partial charge in [-0.05, 0) is 21.5 Å². The SMILES string of the molecule is N/C([S-])=N/N=C/c1c([O-])ccc2ccccc12.[Pd+2].c1ccc([As](c2ccccc2)c2ccccc2)cc1. The Labute approximate surface area is 241 Å². The number of fused-ring (bicyclic) bond motifs is 1. The summed E-state index contributed by atoms with van der Waals surface area (Å²) in [6.45, 7) is 0. The van der Waals surface area contributed by atoms with Crippen LogP contribution in [-0.4, -0.2) is 26.0 Å². The van der Waals surface area contributed by atoms with Gasteiger partial charge in [0.2, 0.25) is 0 Å². The number of hydrogen-bond acceptors (Lipinski definition) is 4. The van der Waals surface area contributed by atoms with E-state index in [1.807, 2.05) is 24.3 Å². The van der Waals surface area contributed by atoms with Gasteiger partial charge in [0.25, 0.3) is 0 Å². The summed E-state index contributed by atoms with van der Waals surface area (Å²) < 4.78 is 4.44. The topological polar surface area (TPSA) is 73.8 Å². The summed E-state index contributed by atoms with van der Waals surface area (Å²) in [6.07, 6.45) is 1.38. The summed E-state index contributed by atoms with van der Waals surface area (Å²) in [5.74, 6) is -0.106. The zero-order valence-corrected chi connectivity index (χ0v) is 24.0. The fourth-order valence-corrected chi connectivity index (χ4v) is 8.61. The summed E-state index contributed by atoms with van der Waals surface area (Å²) in [7, 11) is 0. The monoisotopic (exact) mass is 655 g/mol. The van der Waals surface area contributed by atoms with E-state index < -0.39 is 14.7 Å². The molecule has 0 heterocycles. The Kier molecular flexibility index (Phi) is 11.1. The first-order chi connectivity index (χ1) is 17.6. The molecule has 0 aliphatic heterocycles. The minimum atomic E-state index is -1.39. The minimum absolute atomic E-state index is 0. The molecule has 0 aliphatic rings. The van der Waals surface area contributed by atoms with Crippen LogP contribution in [-0.2, 0) is 33.1 Å². The number of amidine groups is 1. The summed E-state index contributed by atoms with van der Waals surface area (Å²) in [5.41, 5.74) is 5.67. The van der Waals surface area contributed by atoms with Gasteiger partial charge in [0.15, 0.2) is 0 Å². The summed E-state index contributed by atoms with van der Waals surface area (Å²) in [4.78, 5) is 0. The molecule has 0 saturated carbocycles. The quantitative estimate of drug-likeness (QED) is 0.104. The van der Waals surface area contributed by atoms with Crippen LogP contribution in [0.1, 0.15) is 5.56 Å². The van der Waals surface area contributed by atoms with Crippen LogP contribution in [0.3, 0.4) is 0 Å². The van der Waals surface area contributed by atoms with Crippen molar-refractivity contribution >= 4 is 62.5 Å². The molecule has 2 N–H and O–H groups in total. The van der Waals surface area contributed by atoms with Gasteiger partial charge in [0.05, 0.1) is 6.21 Å². The Hall–Kier alpha value is -3.26. The molecular formula is C30H24AsN3OPdS. The van der Waals surface area contributed by atoms with E-state index >= 15 is 0 Å². The van der Waals surface area contributed by atoms with Crippen molar-refractivity contribution in [2.24, 2.45) is 15.9 Å². The molecule has 0 amide bonds. The van der Waals surface area contributed by atoms with Gasteiger partial charge in [-0.1, -0.05) is 42.1 Å². The molecule has 7 heteroatoms. The van der Waals surface area contributed by atoms with Crippen molar-refractivity contribution in [1.29, 1.82) is 0 Å². The Morgan fingerprint density at radius 2 is 1.14 bits per heavy atom. The Morgan fingerprint density at radius 3 is 1.62 bits per heavy atom. The van der Waals surface area contributed by atoms with Crippen LogP contribution in [0.25, 0.3) is 10.8 Å². The zero-order chi connectivity index (χ0) is 25.2. The molecule has 0 unspecified atom stereocenters. The van der Waals surface area contributed by atoms with Gasteiger partial charge in [-0.15, -0.1) is 0 Å². The van der Waals surface area contributed by atoms with Gasteiger partial charge in [-0.25, -0.2) is 0 Å². The molecule has 0 radical (unpaired) electrons. The van der Waals surface area contributed by atoms with E-state index in [9.17, 15) is 5.11 Å². The molecule has 4 nitrogen and oxygen atoms in total. The van der Waals surface area contributed by atoms with E-state index in [2.05, 4.69) is 114 Å². The molecule has 0 aliphatic carbocycles. The molecule has 0 saturated heterocycles. The third-order valence-electron chi connectivity index (χ3n) is 5.32. The van der Waals surface area contributed by atoms with Crippen molar-refractivity contribution in [3.05, 3.63) is 133 Å². The van der Waals surface area contributed by atoms with E-state index in [4.69, 9.17) is 5.73 Å². The maximum atomic E-state index is 11.7. The second kappa shape index (κ2) is 14.5. The molecule has 0 aromatic heterocycles. The van der Waals surface area contributed by atoms with Crippen LogP contribution in [0.2, 0.25) is 0 Å². The maximum absolute atomic E-state index is 11.7. The van der Waals surface area contributed by atoms with Gasteiger partial charge in [0, 0.05) is 0 Å². The molecule has 5 aromatic rings. The standard InChI is InChI=1S/C18H15As.C12H11N3OS.Pd/c1-4-10-16(11-5-1)19(17-12-6-2-7-13-17)18-14-8-3-9-15-18;13-12(17)15-14-7-10-9-4-2-1-3-8(9)5-6-11(10)16;/h1-15H;1-7,16H,(H3,13,15,17);/q;;+2/p-2/b;14-7+;. The first-order valence-corrected chi connectivity index (χ1v) is 14.5. The van der Waals surface area contributed by atoms with Crippen molar-refractivity contribution in [1.82, 2.24) is 0 Å². The van der Waals surface area contributed by atoms with Gasteiger partial charge < -0.3 is 23.5 Å². The molecule has 0 fully saturated rings. The number of nitrogens with zero attached hydrogens (tertiary/aromatic N) is 2. The number of nitrogens with two attached hydrogens (primary N) is 1. The van der Waals surface area contributed by atoms with Gasteiger partial charge in [-0.3, -0.25) is 0 Å². The van der Waals surface area contributed by atoms with Crippen LogP contribution in [0.5, 0.6) is 5.75 Å². The molecule has 0 bridgehead atoms. The van der Waals surface area contributed by atoms with Gasteiger partial charge >= 0.3 is 139 Å². The normalized spacial score (nSPS) is 11.1. The van der Waals surface area contributed by atoms with Crippen LogP contribution < -0.4 is 23.9 Å². The van der Waals surface area contributed by atoms with Crippen molar-refractivity contribution in [3.63, 3.8) is 0 Å². The van der Waals surface area contributed by atoms with E-state index in [-0.39, 0.29) is 31.3 Å². The molecule has 0 spiro atoms. The van der Waals surface area contributed by atoms with Gasteiger partial charge in [-0.2, -0.15) is 10.2 Å². The van der Waals surface area contributed by atoms with Crippen molar-refractivity contribution in [2.45, 2.75) is 0 Å². The first kappa shape index (κ1) is 28.3. The number of hydrogen-bond donors (Lipinski definition) is 1. The van der Waals surface area contributed by atoms with E-state index in [1.165, 1.54) is 25.3 Å². The van der Waals surface area contributed by atoms with E-state index in [0.717, 1.165) is 10.8 Å². The third kappa shape index (κ3) is 7.86. The molecule has 5 aromatic carbocycles. The number of benzene rings is 5. The summed E-state index contributed by atoms with van der Waals surface area (Å²) in [6, 6.07) is 43.5. The van der Waals surface area contributed by atoms with Gasteiger partial charge in [0.1, 0.15) is 0 Å². The first-order valence-electron chi connectivity index (χ1n) is 11.3. The predicted octanol–water partition coefficient (Wildman–Crippen LogP) is 3.31. The summed E-state index contributed by atoms with van der Waals surface area (Å²) >= 11 is 3.17. The van der Waals surface area contributed by atoms with E-state index in [1.54, 1.807) is 6.07 Å². The predicted molar refractivity (Wildman–Crippen MR) is 154 cm³/mol. The van der Waals surface area contributed by atoms with Crippen molar-refractivity contribution in [2.75, 3.05) is 0 Å². The van der Waals surface area contributed by atoms with Crippen molar-refractivity contribution in [3.8, 4) is 5.75 Å². The average molecular weight is 656 g/mol. The molecule has 5 rings (SSSR count). The fraction of sp³-hybridized carbons (Fsp3) is 0. The Balaban J connectivity index is 0.000000201. The zero-order valence-electron chi connectivity index (χ0n) is 19.8. The Bertz CT molecular complexity index is 1370. The molecule has 37 heavy (non-hydrogen) atoms. The number of rotatable bonds is 5. The molecular weight excluding hydrogens is 632 g/mol. The Morgan fingerprint density at radius 1 is 0.676 bits per heavy atom. The van der Waals surface area contributed by atoms with Crippen LogP contribution in [0.15, 0.2) is 138 Å². The molecule has 186 valence electrons. The van der Waals surface area contributed by atoms with Crippen LogP contribution in [0.4, 0.5) is 0 Å². The van der Waals surface area contributed by atoms with E-state index in [0.29, 0.717) is 5.56 Å². The molecule has 0 atom stereocenters. The van der Waals surface area contributed by atoms with Crippen LogP contribution in [0, 0.1) is 0 Å². The van der Waals surface area contributed by atoms with Crippen LogP contribution >= 0.6 is 0 Å².